The summed E-state index contributed by atoms with van der Waals surface area (Å²) in [6, 6.07) is 4.18. The summed E-state index contributed by atoms with van der Waals surface area (Å²) in [6.45, 7) is 2.04. The molecule has 3 rings (SSSR count). The zero-order chi connectivity index (χ0) is 19.4. The van der Waals surface area contributed by atoms with Gasteiger partial charge in [0.1, 0.15) is 17.9 Å². The van der Waals surface area contributed by atoms with E-state index in [1.807, 2.05) is 0 Å². The van der Waals surface area contributed by atoms with Crippen LogP contribution < -0.4 is 5.32 Å². The van der Waals surface area contributed by atoms with Crippen LogP contribution in [0.25, 0.3) is 0 Å². The van der Waals surface area contributed by atoms with Crippen LogP contribution in [-0.4, -0.2) is 77.7 Å². The standard InChI is InChI=1S/C18H22FN3O5/c19-13-3-1-12(2-4-13)11-15(17(24)21-7-9-27-10-8-21)22-6-5-14(16(22)23)20-18(25)26/h1-4,14-15,20H,5-11H2,(H,25,26)/t14-,15-/m0/s1. The number of amides is 3. The molecule has 146 valence electrons. The maximum absolute atomic E-state index is 13.2. The molecule has 1 aromatic rings. The lowest BCUT2D eigenvalue weighted by molar-refractivity contribution is -0.146. The third kappa shape index (κ3) is 4.54. The molecule has 2 N–H and O–H groups in total. The van der Waals surface area contributed by atoms with E-state index in [0.29, 0.717) is 32.7 Å². The van der Waals surface area contributed by atoms with Crippen molar-refractivity contribution < 1.29 is 28.6 Å². The Kier molecular flexibility index (Phi) is 5.90. The van der Waals surface area contributed by atoms with Gasteiger partial charge in [0.05, 0.1) is 13.2 Å². The second-order valence-corrected chi connectivity index (χ2v) is 6.61. The highest BCUT2D eigenvalue weighted by molar-refractivity contribution is 5.92. The Morgan fingerprint density at radius 3 is 2.52 bits per heavy atom. The summed E-state index contributed by atoms with van der Waals surface area (Å²) in [6.07, 6.45) is -0.728. The number of nitrogens with zero attached hydrogens (tertiary/aromatic N) is 2. The predicted octanol–water partition coefficient (Wildman–Crippen LogP) is 0.464. The van der Waals surface area contributed by atoms with E-state index in [0.717, 1.165) is 5.56 Å². The molecule has 0 spiro atoms. The van der Waals surface area contributed by atoms with Gasteiger partial charge in [0.2, 0.25) is 11.8 Å². The van der Waals surface area contributed by atoms with Gasteiger partial charge in [0, 0.05) is 26.1 Å². The first-order valence-corrected chi connectivity index (χ1v) is 8.86. The largest absolute Gasteiger partial charge is 0.465 e. The highest BCUT2D eigenvalue weighted by Crippen LogP contribution is 2.20. The van der Waals surface area contributed by atoms with E-state index in [4.69, 9.17) is 9.84 Å². The van der Waals surface area contributed by atoms with E-state index >= 15 is 0 Å². The molecule has 2 heterocycles. The van der Waals surface area contributed by atoms with E-state index in [2.05, 4.69) is 5.32 Å². The topological polar surface area (TPSA) is 99.2 Å². The van der Waals surface area contributed by atoms with Crippen molar-refractivity contribution in [3.05, 3.63) is 35.6 Å². The van der Waals surface area contributed by atoms with Crippen molar-refractivity contribution in [2.45, 2.75) is 24.9 Å². The summed E-state index contributed by atoms with van der Waals surface area (Å²) in [5.41, 5.74) is 0.727. The van der Waals surface area contributed by atoms with Crippen molar-refractivity contribution in [1.82, 2.24) is 15.1 Å². The normalized spacial score (nSPS) is 21.2. The van der Waals surface area contributed by atoms with Crippen LogP contribution in [0.4, 0.5) is 9.18 Å². The molecule has 8 nitrogen and oxygen atoms in total. The van der Waals surface area contributed by atoms with Crippen LogP contribution in [0.5, 0.6) is 0 Å². The van der Waals surface area contributed by atoms with Gasteiger partial charge in [-0.15, -0.1) is 0 Å². The molecule has 0 unspecified atom stereocenters. The second kappa shape index (κ2) is 8.34. The molecule has 2 atom stereocenters. The van der Waals surface area contributed by atoms with Gasteiger partial charge in [0.25, 0.3) is 0 Å². The minimum Gasteiger partial charge on any atom is -0.465 e. The van der Waals surface area contributed by atoms with Crippen LogP contribution >= 0.6 is 0 Å². The van der Waals surface area contributed by atoms with Crippen molar-refractivity contribution >= 4 is 17.9 Å². The lowest BCUT2D eigenvalue weighted by Gasteiger charge is -2.34. The predicted molar refractivity (Wildman–Crippen MR) is 92.6 cm³/mol. The molecule has 3 amide bonds. The minimum absolute atomic E-state index is 0.202. The molecule has 0 aromatic heterocycles. The van der Waals surface area contributed by atoms with Gasteiger partial charge in [-0.25, -0.2) is 9.18 Å². The Balaban J connectivity index is 1.80. The molecule has 1 aromatic carbocycles. The van der Waals surface area contributed by atoms with Gasteiger partial charge in [-0.05, 0) is 24.1 Å². The lowest BCUT2D eigenvalue weighted by atomic mass is 10.0. The van der Waals surface area contributed by atoms with Crippen LogP contribution in [-0.2, 0) is 20.7 Å². The number of halogens is 1. The number of ether oxygens (including phenoxy) is 1. The van der Waals surface area contributed by atoms with Crippen molar-refractivity contribution in [3.63, 3.8) is 0 Å². The van der Waals surface area contributed by atoms with Crippen LogP contribution in [0, 0.1) is 5.82 Å². The maximum Gasteiger partial charge on any atom is 0.405 e. The average molecular weight is 379 g/mol. The Bertz CT molecular complexity index is 705. The van der Waals surface area contributed by atoms with Gasteiger partial charge in [-0.3, -0.25) is 9.59 Å². The van der Waals surface area contributed by atoms with E-state index in [1.54, 1.807) is 17.0 Å². The van der Waals surface area contributed by atoms with Crippen molar-refractivity contribution in [2.75, 3.05) is 32.8 Å². The third-order valence-electron chi connectivity index (χ3n) is 4.86. The fraction of sp³-hybridized carbons (Fsp3) is 0.500. The molecule has 0 radical (unpaired) electrons. The molecular formula is C18H22FN3O5. The molecule has 0 bridgehead atoms. The number of morpholine rings is 1. The Labute approximate surface area is 155 Å². The van der Waals surface area contributed by atoms with Gasteiger partial charge in [-0.1, -0.05) is 12.1 Å². The molecule has 2 saturated heterocycles. The molecular weight excluding hydrogens is 357 g/mol. The number of carbonyl (C=O) groups is 3. The molecule has 2 fully saturated rings. The van der Waals surface area contributed by atoms with E-state index in [1.165, 1.54) is 17.0 Å². The first-order chi connectivity index (χ1) is 13.0. The monoisotopic (exact) mass is 379 g/mol. The molecule has 2 aliphatic rings. The Morgan fingerprint density at radius 1 is 1.22 bits per heavy atom. The van der Waals surface area contributed by atoms with Gasteiger partial charge >= 0.3 is 6.09 Å². The fourth-order valence-electron chi connectivity index (χ4n) is 3.46. The van der Waals surface area contributed by atoms with Crippen molar-refractivity contribution in [2.24, 2.45) is 0 Å². The number of likely N-dealkylation sites (tertiary alicyclic amines) is 1. The number of carboxylic acid groups (broad SMARTS) is 1. The third-order valence-corrected chi connectivity index (χ3v) is 4.86. The van der Waals surface area contributed by atoms with Gasteiger partial charge in [-0.2, -0.15) is 0 Å². The van der Waals surface area contributed by atoms with Crippen LogP contribution in [0.3, 0.4) is 0 Å². The Hall–Kier alpha value is -2.68. The first kappa shape index (κ1) is 19.1. The summed E-state index contributed by atoms with van der Waals surface area (Å²) < 4.78 is 18.5. The van der Waals surface area contributed by atoms with Gasteiger partial charge in [0.15, 0.2) is 0 Å². The van der Waals surface area contributed by atoms with Gasteiger partial charge < -0.3 is 25.0 Å². The van der Waals surface area contributed by atoms with Crippen molar-refractivity contribution in [1.29, 1.82) is 0 Å². The summed E-state index contributed by atoms with van der Waals surface area (Å²) in [7, 11) is 0. The SMILES string of the molecule is O=C(O)N[C@H]1CCN([C@@H](Cc2ccc(F)cc2)C(=O)N2CCOCC2)C1=O. The Morgan fingerprint density at radius 2 is 1.89 bits per heavy atom. The minimum atomic E-state index is -1.27. The number of carbonyl (C=O) groups excluding carboxylic acids is 2. The maximum atomic E-state index is 13.2. The van der Waals surface area contributed by atoms with E-state index in [-0.39, 0.29) is 24.7 Å². The number of nitrogens with one attached hydrogen (secondary N) is 1. The molecule has 9 heteroatoms. The van der Waals surface area contributed by atoms with E-state index in [9.17, 15) is 18.8 Å². The van der Waals surface area contributed by atoms with E-state index < -0.39 is 24.1 Å². The molecule has 27 heavy (non-hydrogen) atoms. The number of hydrogen-bond acceptors (Lipinski definition) is 4. The van der Waals surface area contributed by atoms with Crippen LogP contribution in [0.1, 0.15) is 12.0 Å². The molecule has 0 saturated carbocycles. The number of rotatable bonds is 5. The average Bonchev–Trinajstić information content (AvgIpc) is 3.01. The zero-order valence-corrected chi connectivity index (χ0v) is 14.8. The molecule has 0 aliphatic carbocycles. The number of hydrogen-bond donors (Lipinski definition) is 2. The summed E-state index contributed by atoms with van der Waals surface area (Å²) in [4.78, 5) is 39.7. The summed E-state index contributed by atoms with van der Waals surface area (Å²) >= 11 is 0. The second-order valence-electron chi connectivity index (χ2n) is 6.61. The highest BCUT2D eigenvalue weighted by atomic mass is 19.1. The van der Waals surface area contributed by atoms with Crippen molar-refractivity contribution in [3.8, 4) is 0 Å². The highest BCUT2D eigenvalue weighted by Gasteiger charge is 2.41. The lowest BCUT2D eigenvalue weighted by Crippen LogP contribution is -2.54. The number of benzene rings is 1. The smallest absolute Gasteiger partial charge is 0.405 e. The first-order valence-electron chi connectivity index (χ1n) is 8.86. The van der Waals surface area contributed by atoms with Crippen LogP contribution in [0.15, 0.2) is 24.3 Å². The zero-order valence-electron chi connectivity index (χ0n) is 14.8. The summed E-state index contributed by atoms with van der Waals surface area (Å²) in [5.74, 6) is -0.990. The van der Waals surface area contributed by atoms with Crippen LogP contribution in [0.2, 0.25) is 0 Å². The fourth-order valence-corrected chi connectivity index (χ4v) is 3.46. The summed E-state index contributed by atoms with van der Waals surface area (Å²) in [5, 5.41) is 11.1. The molecule has 2 aliphatic heterocycles. The quantitative estimate of drug-likeness (QED) is 0.775.